The van der Waals surface area contributed by atoms with Gasteiger partial charge < -0.3 is 11.1 Å². The topological polar surface area (TPSA) is 68.0 Å². The van der Waals surface area contributed by atoms with Gasteiger partial charge in [-0.25, -0.2) is 0 Å². The highest BCUT2D eigenvalue weighted by atomic mass is 16.1. The molecule has 1 amide bonds. The Kier molecular flexibility index (Phi) is 5.46. The molecule has 2 aromatic rings. The Bertz CT molecular complexity index is 584. The summed E-state index contributed by atoms with van der Waals surface area (Å²) in [5, 5.41) is 2.96. The van der Waals surface area contributed by atoms with Crippen molar-refractivity contribution in [2.45, 2.75) is 19.9 Å². The summed E-state index contributed by atoms with van der Waals surface area (Å²) >= 11 is 0. The first-order chi connectivity index (χ1) is 10.2. The van der Waals surface area contributed by atoms with Crippen LogP contribution >= 0.6 is 0 Å². The van der Waals surface area contributed by atoms with Crippen molar-refractivity contribution in [3.05, 3.63) is 65.5 Å². The normalized spacial score (nSPS) is 11.9. The van der Waals surface area contributed by atoms with Crippen molar-refractivity contribution in [3.63, 3.8) is 0 Å². The average Bonchev–Trinajstić information content (AvgIpc) is 2.52. The average molecular weight is 283 g/mol. The maximum Gasteiger partial charge on any atom is 0.224 e. The lowest BCUT2D eigenvalue weighted by molar-refractivity contribution is -0.124. The fraction of sp³-hybridized carbons (Fsp3) is 0.294. The van der Waals surface area contributed by atoms with Gasteiger partial charge >= 0.3 is 0 Å². The predicted molar refractivity (Wildman–Crippen MR) is 83.5 cm³/mol. The maximum atomic E-state index is 12.3. The number of pyridine rings is 1. The van der Waals surface area contributed by atoms with Crippen molar-refractivity contribution in [2.75, 3.05) is 6.54 Å². The number of amides is 1. The Labute approximate surface area is 125 Å². The van der Waals surface area contributed by atoms with E-state index in [9.17, 15) is 4.79 Å². The number of nitrogens with two attached hydrogens (primary N) is 1. The zero-order chi connectivity index (χ0) is 15.1. The Hall–Kier alpha value is -2.20. The van der Waals surface area contributed by atoms with Gasteiger partial charge in [-0.3, -0.25) is 9.78 Å². The van der Waals surface area contributed by atoms with Gasteiger partial charge in [0.05, 0.1) is 5.92 Å². The van der Waals surface area contributed by atoms with Crippen LogP contribution in [0.5, 0.6) is 0 Å². The number of nitrogens with zero attached hydrogens (tertiary/aromatic N) is 1. The van der Waals surface area contributed by atoms with E-state index in [-0.39, 0.29) is 11.8 Å². The first-order valence-electron chi connectivity index (χ1n) is 7.12. The molecule has 4 heteroatoms. The molecule has 0 aliphatic rings. The minimum atomic E-state index is -0.199. The number of rotatable bonds is 6. The molecule has 0 saturated heterocycles. The molecule has 4 nitrogen and oxygen atoms in total. The van der Waals surface area contributed by atoms with Gasteiger partial charge in [-0.1, -0.05) is 30.3 Å². The second-order valence-electron chi connectivity index (χ2n) is 5.14. The van der Waals surface area contributed by atoms with E-state index in [1.807, 2.05) is 43.3 Å². The molecule has 21 heavy (non-hydrogen) atoms. The second-order valence-corrected chi connectivity index (χ2v) is 5.14. The minimum Gasteiger partial charge on any atom is -0.352 e. The number of carbonyl (C=O) groups excluding carboxylic acids is 1. The standard InChI is InChI=1S/C17H21N3O/c1-13-11-19-8-7-15(13)12-20-17(21)16(10-18)9-14-5-3-2-4-6-14/h2-8,11,16H,9-10,12,18H2,1H3,(H,20,21). The summed E-state index contributed by atoms with van der Waals surface area (Å²) < 4.78 is 0. The van der Waals surface area contributed by atoms with E-state index in [2.05, 4.69) is 10.3 Å². The quantitative estimate of drug-likeness (QED) is 0.850. The van der Waals surface area contributed by atoms with E-state index in [0.29, 0.717) is 19.5 Å². The van der Waals surface area contributed by atoms with Crippen molar-refractivity contribution in [1.29, 1.82) is 0 Å². The molecule has 110 valence electrons. The van der Waals surface area contributed by atoms with Gasteiger partial charge in [-0.05, 0) is 36.1 Å². The number of nitrogens with one attached hydrogen (secondary N) is 1. The molecule has 0 aliphatic carbocycles. The minimum absolute atomic E-state index is 0.00225. The Morgan fingerprint density at radius 3 is 2.71 bits per heavy atom. The molecule has 0 spiro atoms. The van der Waals surface area contributed by atoms with Crippen LogP contribution in [0.25, 0.3) is 0 Å². The summed E-state index contributed by atoms with van der Waals surface area (Å²) in [6.07, 6.45) is 4.20. The van der Waals surface area contributed by atoms with E-state index in [0.717, 1.165) is 16.7 Å². The SMILES string of the molecule is Cc1cnccc1CNC(=O)C(CN)Cc1ccccc1. The van der Waals surface area contributed by atoms with Crippen LogP contribution in [0.4, 0.5) is 0 Å². The zero-order valence-corrected chi connectivity index (χ0v) is 12.3. The van der Waals surface area contributed by atoms with Crippen molar-refractivity contribution in [1.82, 2.24) is 10.3 Å². The Morgan fingerprint density at radius 1 is 1.29 bits per heavy atom. The smallest absolute Gasteiger partial charge is 0.224 e. The molecule has 0 fully saturated rings. The fourth-order valence-corrected chi connectivity index (χ4v) is 2.21. The first-order valence-corrected chi connectivity index (χ1v) is 7.12. The molecular formula is C17H21N3O. The van der Waals surface area contributed by atoms with Crippen LogP contribution < -0.4 is 11.1 Å². The number of aryl methyl sites for hydroxylation is 1. The lowest BCUT2D eigenvalue weighted by atomic mass is 9.98. The lowest BCUT2D eigenvalue weighted by Gasteiger charge is -2.15. The van der Waals surface area contributed by atoms with Crippen molar-refractivity contribution >= 4 is 5.91 Å². The lowest BCUT2D eigenvalue weighted by Crippen LogP contribution is -2.36. The van der Waals surface area contributed by atoms with Gasteiger partial charge in [-0.2, -0.15) is 0 Å². The third kappa shape index (κ3) is 4.39. The third-order valence-corrected chi connectivity index (χ3v) is 3.57. The molecule has 1 aromatic carbocycles. The van der Waals surface area contributed by atoms with Crippen LogP contribution in [0.2, 0.25) is 0 Å². The molecule has 2 rings (SSSR count). The van der Waals surface area contributed by atoms with Gasteiger partial charge in [0, 0.05) is 25.5 Å². The second kappa shape index (κ2) is 7.55. The van der Waals surface area contributed by atoms with Crippen LogP contribution in [0.15, 0.2) is 48.8 Å². The third-order valence-electron chi connectivity index (χ3n) is 3.57. The predicted octanol–water partition coefficient (Wildman–Crippen LogP) is 1.82. The van der Waals surface area contributed by atoms with Gasteiger partial charge in [0.15, 0.2) is 0 Å². The molecule has 0 aliphatic heterocycles. The molecule has 0 bridgehead atoms. The molecule has 3 N–H and O–H groups in total. The largest absolute Gasteiger partial charge is 0.352 e. The zero-order valence-electron chi connectivity index (χ0n) is 12.3. The van der Waals surface area contributed by atoms with Crippen LogP contribution in [-0.4, -0.2) is 17.4 Å². The van der Waals surface area contributed by atoms with Crippen molar-refractivity contribution < 1.29 is 4.79 Å². The van der Waals surface area contributed by atoms with Gasteiger partial charge in [0.1, 0.15) is 0 Å². The Morgan fingerprint density at radius 2 is 2.05 bits per heavy atom. The number of benzene rings is 1. The molecule has 0 radical (unpaired) electrons. The van der Waals surface area contributed by atoms with Crippen molar-refractivity contribution in [2.24, 2.45) is 11.7 Å². The number of carbonyl (C=O) groups is 1. The van der Waals surface area contributed by atoms with Gasteiger partial charge in [-0.15, -0.1) is 0 Å². The first kappa shape index (κ1) is 15.2. The molecule has 1 aromatic heterocycles. The van der Waals surface area contributed by atoms with E-state index in [1.54, 1.807) is 12.4 Å². The monoisotopic (exact) mass is 283 g/mol. The Balaban J connectivity index is 1.93. The molecule has 1 atom stereocenters. The highest BCUT2D eigenvalue weighted by Crippen LogP contribution is 2.09. The van der Waals surface area contributed by atoms with Crippen LogP contribution in [0.3, 0.4) is 0 Å². The van der Waals surface area contributed by atoms with E-state index < -0.39 is 0 Å². The summed E-state index contributed by atoms with van der Waals surface area (Å²) in [7, 11) is 0. The summed E-state index contributed by atoms with van der Waals surface area (Å²) in [5.74, 6) is -0.202. The van der Waals surface area contributed by atoms with Crippen molar-refractivity contribution in [3.8, 4) is 0 Å². The van der Waals surface area contributed by atoms with E-state index >= 15 is 0 Å². The van der Waals surface area contributed by atoms with Gasteiger partial charge in [0.25, 0.3) is 0 Å². The highest BCUT2D eigenvalue weighted by Gasteiger charge is 2.17. The summed E-state index contributed by atoms with van der Waals surface area (Å²) in [6.45, 7) is 2.84. The summed E-state index contributed by atoms with van der Waals surface area (Å²) in [6, 6.07) is 11.9. The molecular weight excluding hydrogens is 262 g/mol. The van der Waals surface area contributed by atoms with E-state index in [4.69, 9.17) is 5.73 Å². The molecule has 1 unspecified atom stereocenters. The molecule has 0 saturated carbocycles. The van der Waals surface area contributed by atoms with Crippen LogP contribution in [0.1, 0.15) is 16.7 Å². The summed E-state index contributed by atoms with van der Waals surface area (Å²) in [4.78, 5) is 16.3. The van der Waals surface area contributed by atoms with Gasteiger partial charge in [0.2, 0.25) is 5.91 Å². The maximum absolute atomic E-state index is 12.3. The molecule has 1 heterocycles. The number of hydrogen-bond acceptors (Lipinski definition) is 3. The summed E-state index contributed by atoms with van der Waals surface area (Å²) in [5.41, 5.74) is 9.03. The fourth-order valence-electron chi connectivity index (χ4n) is 2.21. The van der Waals surface area contributed by atoms with Crippen LogP contribution in [-0.2, 0) is 17.8 Å². The number of hydrogen-bond donors (Lipinski definition) is 2. The van der Waals surface area contributed by atoms with E-state index in [1.165, 1.54) is 0 Å². The highest BCUT2D eigenvalue weighted by molar-refractivity contribution is 5.79. The number of aromatic nitrogens is 1. The van der Waals surface area contributed by atoms with Crippen LogP contribution in [0, 0.1) is 12.8 Å².